The first-order chi connectivity index (χ1) is 16.6. The van der Waals surface area contributed by atoms with Gasteiger partial charge in [0.25, 0.3) is 0 Å². The third kappa shape index (κ3) is 4.03. The largest absolute Gasteiger partial charge is 0.453 e. The monoisotopic (exact) mass is 457 g/mol. The molecular weight excluding hydrogens is 434 g/mol. The molecule has 0 spiro atoms. The standard InChI is InChI=1S/C24H23N7O3/c1-34-24(33)29-8-6-17(7-9-29)18-10-21-22(26-15-27-31(21)14-18)30-12-19(13-30)23(32)28-20-4-2-16(11-25)3-5-20/h2-6,10,14-15,19H,7-9,12-13H2,1H3,(H,28,32). The van der Waals surface area contributed by atoms with Crippen LogP contribution in [0.1, 0.15) is 17.5 Å². The van der Waals surface area contributed by atoms with E-state index in [1.807, 2.05) is 12.3 Å². The van der Waals surface area contributed by atoms with E-state index in [1.54, 1.807) is 33.7 Å². The first kappa shape index (κ1) is 21.5. The van der Waals surface area contributed by atoms with Crippen molar-refractivity contribution in [1.82, 2.24) is 19.5 Å². The molecule has 2 amide bonds. The SMILES string of the molecule is COC(=O)N1CC=C(c2cc3c(N4CC(C(=O)Nc5ccc(C#N)cc5)C4)ncnn3c2)CC1. The molecule has 3 aromatic rings. The molecule has 2 aromatic heterocycles. The highest BCUT2D eigenvalue weighted by molar-refractivity contribution is 5.94. The average molecular weight is 457 g/mol. The summed E-state index contributed by atoms with van der Waals surface area (Å²) in [4.78, 5) is 32.5. The number of nitrogens with one attached hydrogen (secondary N) is 1. The Bertz CT molecular complexity index is 1320. The third-order valence-corrected chi connectivity index (χ3v) is 6.23. The van der Waals surface area contributed by atoms with Gasteiger partial charge < -0.3 is 19.9 Å². The van der Waals surface area contributed by atoms with E-state index < -0.39 is 0 Å². The molecule has 1 N–H and O–H groups in total. The molecule has 2 aliphatic heterocycles. The summed E-state index contributed by atoms with van der Waals surface area (Å²) in [6, 6.07) is 10.9. The molecule has 172 valence electrons. The minimum Gasteiger partial charge on any atom is -0.453 e. The number of hydrogen-bond donors (Lipinski definition) is 1. The number of hydrogen-bond acceptors (Lipinski definition) is 7. The van der Waals surface area contributed by atoms with Gasteiger partial charge in [-0.05, 0) is 47.9 Å². The first-order valence-electron chi connectivity index (χ1n) is 11.0. The van der Waals surface area contributed by atoms with Crippen LogP contribution < -0.4 is 10.2 Å². The molecule has 0 atom stereocenters. The van der Waals surface area contributed by atoms with Crippen LogP contribution in [0.4, 0.5) is 16.3 Å². The van der Waals surface area contributed by atoms with Crippen LogP contribution in [-0.2, 0) is 9.53 Å². The summed E-state index contributed by atoms with van der Waals surface area (Å²) in [5.41, 5.74) is 4.30. The maximum Gasteiger partial charge on any atom is 0.409 e. The number of amides is 2. The number of aromatic nitrogens is 3. The molecule has 10 heteroatoms. The smallest absolute Gasteiger partial charge is 0.409 e. The Morgan fingerprint density at radius 2 is 2.03 bits per heavy atom. The van der Waals surface area contributed by atoms with Crippen LogP contribution in [0.2, 0.25) is 0 Å². The number of rotatable bonds is 4. The lowest BCUT2D eigenvalue weighted by atomic mass is 9.98. The number of carbonyl (C=O) groups is 2. The Morgan fingerprint density at radius 1 is 1.24 bits per heavy atom. The normalized spacial score (nSPS) is 15.9. The van der Waals surface area contributed by atoms with Crippen LogP contribution >= 0.6 is 0 Å². The molecular formula is C24H23N7O3. The number of fused-ring (bicyclic) bond motifs is 1. The minimum atomic E-state index is -0.318. The second-order valence-corrected chi connectivity index (χ2v) is 8.32. The van der Waals surface area contributed by atoms with E-state index in [4.69, 9.17) is 10.00 Å². The lowest BCUT2D eigenvalue weighted by Crippen LogP contribution is -2.52. The number of anilines is 2. The van der Waals surface area contributed by atoms with Crippen LogP contribution in [0.5, 0.6) is 0 Å². The molecule has 1 fully saturated rings. The molecule has 0 unspecified atom stereocenters. The molecule has 0 aliphatic carbocycles. The Labute approximate surface area is 196 Å². The fourth-order valence-electron chi connectivity index (χ4n) is 4.25. The Hall–Kier alpha value is -4.39. The van der Waals surface area contributed by atoms with E-state index in [0.717, 1.165) is 28.9 Å². The third-order valence-electron chi connectivity index (χ3n) is 6.23. The second kappa shape index (κ2) is 8.86. The topological polar surface area (TPSA) is 116 Å². The molecule has 1 aromatic carbocycles. The van der Waals surface area contributed by atoms with E-state index in [-0.39, 0.29) is 17.9 Å². The molecule has 5 rings (SSSR count). The number of methoxy groups -OCH3 is 1. The van der Waals surface area contributed by atoms with Crippen molar-refractivity contribution in [2.24, 2.45) is 5.92 Å². The summed E-state index contributed by atoms with van der Waals surface area (Å²) in [6.07, 6.45) is 5.94. The van der Waals surface area contributed by atoms with Crippen molar-refractivity contribution in [3.8, 4) is 6.07 Å². The van der Waals surface area contributed by atoms with Crippen LogP contribution in [0, 0.1) is 17.2 Å². The minimum absolute atomic E-state index is 0.0513. The Kier molecular flexibility index (Phi) is 5.59. The zero-order valence-corrected chi connectivity index (χ0v) is 18.6. The zero-order valence-electron chi connectivity index (χ0n) is 18.6. The van der Waals surface area contributed by atoms with Crippen molar-refractivity contribution in [1.29, 1.82) is 5.26 Å². The lowest BCUT2D eigenvalue weighted by Gasteiger charge is -2.39. The van der Waals surface area contributed by atoms with Crippen LogP contribution in [0.15, 0.2) is 48.9 Å². The van der Waals surface area contributed by atoms with Crippen molar-refractivity contribution in [2.75, 3.05) is 43.5 Å². The fourth-order valence-corrected chi connectivity index (χ4v) is 4.25. The van der Waals surface area contributed by atoms with Gasteiger partial charge in [0, 0.05) is 38.1 Å². The molecule has 34 heavy (non-hydrogen) atoms. The molecule has 4 heterocycles. The highest BCUT2D eigenvalue weighted by Gasteiger charge is 2.34. The number of nitrogens with zero attached hydrogens (tertiary/aromatic N) is 6. The van der Waals surface area contributed by atoms with Crippen molar-refractivity contribution >= 4 is 34.6 Å². The van der Waals surface area contributed by atoms with Gasteiger partial charge >= 0.3 is 6.09 Å². The highest BCUT2D eigenvalue weighted by Crippen LogP contribution is 2.31. The van der Waals surface area contributed by atoms with Crippen LogP contribution in [-0.4, -0.2) is 64.8 Å². The zero-order chi connectivity index (χ0) is 23.7. The number of ether oxygens (including phenoxy) is 1. The second-order valence-electron chi connectivity index (χ2n) is 8.32. The predicted molar refractivity (Wildman–Crippen MR) is 125 cm³/mol. The van der Waals surface area contributed by atoms with Crippen molar-refractivity contribution in [3.63, 3.8) is 0 Å². The van der Waals surface area contributed by atoms with Crippen molar-refractivity contribution < 1.29 is 14.3 Å². The highest BCUT2D eigenvalue weighted by atomic mass is 16.5. The molecule has 1 saturated heterocycles. The molecule has 0 radical (unpaired) electrons. The average Bonchev–Trinajstić information content (AvgIpc) is 3.28. The van der Waals surface area contributed by atoms with Crippen LogP contribution in [0.25, 0.3) is 11.1 Å². The van der Waals surface area contributed by atoms with E-state index in [1.165, 1.54) is 13.4 Å². The van der Waals surface area contributed by atoms with Gasteiger partial charge in [0.15, 0.2) is 5.82 Å². The summed E-state index contributed by atoms with van der Waals surface area (Å²) in [5.74, 6) is 0.589. The Balaban J connectivity index is 1.26. The summed E-state index contributed by atoms with van der Waals surface area (Å²) < 4.78 is 6.60. The van der Waals surface area contributed by atoms with Crippen molar-refractivity contribution in [3.05, 3.63) is 60.1 Å². The predicted octanol–water partition coefficient (Wildman–Crippen LogP) is 2.53. The molecule has 0 saturated carbocycles. The lowest BCUT2D eigenvalue weighted by molar-refractivity contribution is -0.120. The van der Waals surface area contributed by atoms with E-state index in [2.05, 4.69) is 32.4 Å². The Morgan fingerprint density at radius 3 is 2.71 bits per heavy atom. The van der Waals surface area contributed by atoms with Crippen LogP contribution in [0.3, 0.4) is 0 Å². The molecule has 0 bridgehead atoms. The quantitative estimate of drug-likeness (QED) is 0.640. The van der Waals surface area contributed by atoms with E-state index in [9.17, 15) is 9.59 Å². The van der Waals surface area contributed by atoms with Gasteiger partial charge in [-0.2, -0.15) is 10.4 Å². The van der Waals surface area contributed by atoms with Gasteiger partial charge in [0.1, 0.15) is 11.8 Å². The van der Waals surface area contributed by atoms with Crippen molar-refractivity contribution in [2.45, 2.75) is 6.42 Å². The van der Waals surface area contributed by atoms with E-state index >= 15 is 0 Å². The molecule has 2 aliphatic rings. The number of carbonyl (C=O) groups excluding carboxylic acids is 2. The van der Waals surface area contributed by atoms with Gasteiger partial charge in [0.2, 0.25) is 5.91 Å². The fraction of sp³-hybridized carbons (Fsp3) is 0.292. The van der Waals surface area contributed by atoms with Gasteiger partial charge in [-0.25, -0.2) is 14.3 Å². The summed E-state index contributed by atoms with van der Waals surface area (Å²) in [6.45, 7) is 2.23. The summed E-state index contributed by atoms with van der Waals surface area (Å²) >= 11 is 0. The van der Waals surface area contributed by atoms with Gasteiger partial charge in [-0.15, -0.1) is 0 Å². The van der Waals surface area contributed by atoms with E-state index in [0.29, 0.717) is 37.4 Å². The number of nitriles is 1. The molecule has 10 nitrogen and oxygen atoms in total. The number of benzene rings is 1. The summed E-state index contributed by atoms with van der Waals surface area (Å²) in [7, 11) is 1.39. The van der Waals surface area contributed by atoms with Gasteiger partial charge in [0.05, 0.1) is 24.7 Å². The van der Waals surface area contributed by atoms with Gasteiger partial charge in [-0.3, -0.25) is 4.79 Å². The first-order valence-corrected chi connectivity index (χ1v) is 11.0. The summed E-state index contributed by atoms with van der Waals surface area (Å²) in [5, 5.41) is 16.2. The van der Waals surface area contributed by atoms with Gasteiger partial charge in [-0.1, -0.05) is 6.08 Å². The maximum absolute atomic E-state index is 12.6. The maximum atomic E-state index is 12.6.